The van der Waals surface area contributed by atoms with Crippen molar-refractivity contribution in [2.45, 2.75) is 45.2 Å². The molecule has 0 unspecified atom stereocenters. The van der Waals surface area contributed by atoms with Gasteiger partial charge in [-0.3, -0.25) is 14.2 Å². The zero-order chi connectivity index (χ0) is 18.7. The van der Waals surface area contributed by atoms with E-state index in [2.05, 4.69) is 0 Å². The van der Waals surface area contributed by atoms with Crippen molar-refractivity contribution < 1.29 is 18.7 Å². The maximum atomic E-state index is 12.6. The van der Waals surface area contributed by atoms with Gasteiger partial charge in [-0.25, -0.2) is 4.79 Å². The Bertz CT molecular complexity index is 868. The largest absolute Gasteiger partial charge is 0.466 e. The van der Waals surface area contributed by atoms with Crippen LogP contribution < -0.4 is 5.76 Å². The van der Waals surface area contributed by atoms with Crippen LogP contribution in [0.5, 0.6) is 0 Å². The number of carbonyl (C=O) groups excluding carboxylic acids is 2. The van der Waals surface area contributed by atoms with Crippen LogP contribution in [-0.4, -0.2) is 40.5 Å². The summed E-state index contributed by atoms with van der Waals surface area (Å²) in [6.07, 6.45) is 2.24. The van der Waals surface area contributed by atoms with E-state index in [1.807, 2.05) is 0 Å². The minimum absolute atomic E-state index is 0.0768. The number of halogens is 1. The monoisotopic (exact) mass is 380 g/mol. The smallest absolute Gasteiger partial charge is 0.419 e. The van der Waals surface area contributed by atoms with Crippen molar-refractivity contribution in [1.29, 1.82) is 0 Å². The predicted molar refractivity (Wildman–Crippen MR) is 96.1 cm³/mol. The Hall–Kier alpha value is -2.28. The van der Waals surface area contributed by atoms with Crippen LogP contribution in [0.3, 0.4) is 0 Å². The maximum Gasteiger partial charge on any atom is 0.419 e. The molecule has 26 heavy (non-hydrogen) atoms. The van der Waals surface area contributed by atoms with E-state index in [0.29, 0.717) is 29.3 Å². The van der Waals surface area contributed by atoms with Crippen LogP contribution in [0.25, 0.3) is 11.1 Å². The van der Waals surface area contributed by atoms with Crippen molar-refractivity contribution in [2.24, 2.45) is 0 Å². The van der Waals surface area contributed by atoms with E-state index in [4.69, 9.17) is 20.8 Å². The summed E-state index contributed by atoms with van der Waals surface area (Å²) in [5.41, 5.74) is 1.01. The normalized spacial score (nSPS) is 13.8. The Balaban J connectivity index is 1.64. The SMILES string of the molecule is CCOC(=O)CCN(C(=O)CCn1c(=O)oc2cc(Cl)ccc21)C1CC1. The fraction of sp³-hybridized carbons (Fsp3) is 0.500. The molecule has 1 aliphatic carbocycles. The van der Waals surface area contributed by atoms with Crippen molar-refractivity contribution in [2.75, 3.05) is 13.2 Å². The van der Waals surface area contributed by atoms with Gasteiger partial charge in [0, 0.05) is 36.6 Å². The average Bonchev–Trinajstić information content (AvgIpc) is 3.37. The molecule has 3 rings (SSSR count). The van der Waals surface area contributed by atoms with Gasteiger partial charge in [0.2, 0.25) is 5.91 Å². The molecule has 1 heterocycles. The molecule has 0 radical (unpaired) electrons. The quantitative estimate of drug-likeness (QED) is 0.657. The molecule has 8 heteroatoms. The molecular formula is C18H21ClN2O5. The first-order chi connectivity index (χ1) is 12.5. The Morgan fingerprint density at radius 2 is 2.12 bits per heavy atom. The number of fused-ring (bicyclic) bond motifs is 1. The number of carbonyl (C=O) groups is 2. The van der Waals surface area contributed by atoms with Crippen LogP contribution in [0.4, 0.5) is 0 Å². The molecule has 0 saturated heterocycles. The lowest BCUT2D eigenvalue weighted by Crippen LogP contribution is -2.36. The Morgan fingerprint density at radius 3 is 2.81 bits per heavy atom. The maximum absolute atomic E-state index is 12.6. The molecule has 1 saturated carbocycles. The number of amides is 1. The number of aryl methyl sites for hydroxylation is 1. The number of nitrogens with zero attached hydrogens (tertiary/aromatic N) is 2. The topological polar surface area (TPSA) is 81.8 Å². The fourth-order valence-electron chi connectivity index (χ4n) is 2.95. The molecule has 0 spiro atoms. The molecule has 1 amide bonds. The number of esters is 1. The van der Waals surface area contributed by atoms with E-state index in [1.54, 1.807) is 30.0 Å². The molecule has 2 aromatic rings. The van der Waals surface area contributed by atoms with Crippen molar-refractivity contribution in [3.8, 4) is 0 Å². The second-order valence-electron chi connectivity index (χ2n) is 6.25. The number of rotatable bonds is 8. The zero-order valence-corrected chi connectivity index (χ0v) is 15.3. The lowest BCUT2D eigenvalue weighted by molar-refractivity contribution is -0.144. The molecule has 1 aromatic heterocycles. The average molecular weight is 381 g/mol. The second-order valence-corrected chi connectivity index (χ2v) is 6.69. The van der Waals surface area contributed by atoms with Gasteiger partial charge >= 0.3 is 11.7 Å². The summed E-state index contributed by atoms with van der Waals surface area (Å²) in [6, 6.07) is 5.14. The van der Waals surface area contributed by atoms with Gasteiger partial charge in [0.05, 0.1) is 18.5 Å². The van der Waals surface area contributed by atoms with Gasteiger partial charge in [-0.15, -0.1) is 0 Å². The highest BCUT2D eigenvalue weighted by Crippen LogP contribution is 2.28. The summed E-state index contributed by atoms with van der Waals surface area (Å²) in [5, 5.41) is 0.480. The molecule has 1 aliphatic rings. The van der Waals surface area contributed by atoms with Crippen LogP contribution in [-0.2, 0) is 20.9 Å². The van der Waals surface area contributed by atoms with E-state index in [0.717, 1.165) is 12.8 Å². The van der Waals surface area contributed by atoms with Crippen LogP contribution in [0.2, 0.25) is 5.02 Å². The van der Waals surface area contributed by atoms with Crippen LogP contribution in [0, 0.1) is 0 Å². The third-order valence-electron chi connectivity index (χ3n) is 4.35. The lowest BCUT2D eigenvalue weighted by Gasteiger charge is -2.22. The highest BCUT2D eigenvalue weighted by Gasteiger charge is 2.32. The summed E-state index contributed by atoms with van der Waals surface area (Å²) in [6.45, 7) is 2.65. The first-order valence-electron chi connectivity index (χ1n) is 8.73. The summed E-state index contributed by atoms with van der Waals surface area (Å²) in [5.74, 6) is -0.897. The highest BCUT2D eigenvalue weighted by atomic mass is 35.5. The third kappa shape index (κ3) is 4.27. The first kappa shape index (κ1) is 18.5. The minimum atomic E-state index is -0.514. The van der Waals surface area contributed by atoms with Crippen LogP contribution >= 0.6 is 11.6 Å². The van der Waals surface area contributed by atoms with Crippen molar-refractivity contribution >= 4 is 34.6 Å². The van der Waals surface area contributed by atoms with E-state index in [-0.39, 0.29) is 37.3 Å². The Morgan fingerprint density at radius 1 is 1.35 bits per heavy atom. The Kier molecular flexibility index (Phi) is 5.66. The van der Waals surface area contributed by atoms with Gasteiger partial charge < -0.3 is 14.1 Å². The third-order valence-corrected chi connectivity index (χ3v) is 4.58. The zero-order valence-electron chi connectivity index (χ0n) is 14.6. The molecule has 140 valence electrons. The number of hydrogen-bond acceptors (Lipinski definition) is 5. The fourth-order valence-corrected chi connectivity index (χ4v) is 3.11. The molecule has 0 N–H and O–H groups in total. The second kappa shape index (κ2) is 7.95. The van der Waals surface area contributed by atoms with Crippen molar-refractivity contribution in [3.63, 3.8) is 0 Å². The summed E-state index contributed by atoms with van der Waals surface area (Å²) in [4.78, 5) is 37.9. The molecule has 0 bridgehead atoms. The number of hydrogen-bond donors (Lipinski definition) is 0. The molecule has 0 aliphatic heterocycles. The number of aromatic nitrogens is 1. The molecule has 0 atom stereocenters. The molecule has 1 fully saturated rings. The predicted octanol–water partition coefficient (Wildman–Crippen LogP) is 2.58. The van der Waals surface area contributed by atoms with Gasteiger partial charge in [-0.1, -0.05) is 11.6 Å². The number of oxazole rings is 1. The van der Waals surface area contributed by atoms with E-state index in [1.165, 1.54) is 4.57 Å². The molecule has 7 nitrogen and oxygen atoms in total. The summed E-state index contributed by atoms with van der Waals surface area (Å²) < 4.78 is 11.5. The van der Waals surface area contributed by atoms with Crippen LogP contribution in [0.1, 0.15) is 32.6 Å². The highest BCUT2D eigenvalue weighted by molar-refractivity contribution is 6.31. The van der Waals surface area contributed by atoms with Gasteiger partial charge in [-0.05, 0) is 31.9 Å². The number of benzene rings is 1. The van der Waals surface area contributed by atoms with Crippen molar-refractivity contribution in [3.05, 3.63) is 33.8 Å². The van der Waals surface area contributed by atoms with Gasteiger partial charge in [0.15, 0.2) is 5.58 Å². The minimum Gasteiger partial charge on any atom is -0.466 e. The summed E-state index contributed by atoms with van der Waals surface area (Å²) >= 11 is 5.90. The first-order valence-corrected chi connectivity index (χ1v) is 9.11. The number of ether oxygens (including phenoxy) is 1. The van der Waals surface area contributed by atoms with E-state index >= 15 is 0 Å². The molecular weight excluding hydrogens is 360 g/mol. The van der Waals surface area contributed by atoms with Crippen molar-refractivity contribution in [1.82, 2.24) is 9.47 Å². The molecule has 1 aromatic carbocycles. The van der Waals surface area contributed by atoms with Gasteiger partial charge in [-0.2, -0.15) is 0 Å². The van der Waals surface area contributed by atoms with E-state index < -0.39 is 5.76 Å². The lowest BCUT2D eigenvalue weighted by atomic mass is 10.3. The van der Waals surface area contributed by atoms with Gasteiger partial charge in [0.25, 0.3) is 0 Å². The van der Waals surface area contributed by atoms with Crippen LogP contribution in [0.15, 0.2) is 27.4 Å². The standard InChI is InChI=1S/C18H21ClN2O5/c1-2-25-17(23)8-10-20(13-4-5-13)16(22)7-9-21-14-6-3-12(19)11-15(14)26-18(21)24/h3,6,11,13H,2,4-5,7-10H2,1H3. The Labute approximate surface area is 155 Å². The van der Waals surface area contributed by atoms with E-state index in [9.17, 15) is 14.4 Å². The van der Waals surface area contributed by atoms with Gasteiger partial charge in [0.1, 0.15) is 0 Å². The summed E-state index contributed by atoms with van der Waals surface area (Å²) in [7, 11) is 0.